The summed E-state index contributed by atoms with van der Waals surface area (Å²) in [4.78, 5) is 39.4. The maximum Gasteiger partial charge on any atom is 0.252 e. The molecule has 0 unspecified atom stereocenters. The number of carbonyl (C=O) groups excluding carboxylic acids is 2. The average molecular weight is 657 g/mol. The Bertz CT molecular complexity index is 623. The first-order valence-corrected chi connectivity index (χ1v) is 19.4. The minimum Gasteiger partial charge on any atom is -0.382 e. The highest BCUT2D eigenvalue weighted by molar-refractivity contribution is 5.85. The van der Waals surface area contributed by atoms with E-state index in [0.29, 0.717) is 26.4 Å². The summed E-state index contributed by atoms with van der Waals surface area (Å²) >= 11 is 0. The minimum absolute atomic E-state index is 0.00815. The molecule has 0 saturated carbocycles. The Kier molecular flexibility index (Phi) is 35.6. The Labute approximate surface area is 284 Å². The van der Waals surface area contributed by atoms with Crippen molar-refractivity contribution in [3.05, 3.63) is 0 Å². The van der Waals surface area contributed by atoms with Gasteiger partial charge in [-0.15, -0.1) is 0 Å². The Morgan fingerprint density at radius 2 is 0.870 bits per heavy atom. The predicted octanol–water partition coefficient (Wildman–Crippen LogP) is 9.29. The first-order chi connectivity index (χ1) is 22.6. The van der Waals surface area contributed by atoms with Crippen LogP contribution in [0.15, 0.2) is 0 Å². The van der Waals surface area contributed by atoms with Gasteiger partial charge in [-0.2, -0.15) is 0 Å². The van der Waals surface area contributed by atoms with Crippen LogP contribution in [0.1, 0.15) is 168 Å². The van der Waals surface area contributed by atoms with Gasteiger partial charge in [0.2, 0.25) is 5.91 Å². The van der Waals surface area contributed by atoms with Crippen LogP contribution in [-0.4, -0.2) is 88.4 Å². The molecule has 0 radical (unpaired) electrons. The molecule has 0 saturated heterocycles. The van der Waals surface area contributed by atoms with Crippen LogP contribution in [0.3, 0.4) is 0 Å². The number of rotatable bonds is 37. The second-order valence-electron chi connectivity index (χ2n) is 13.0. The fraction of sp³-hybridized carbons (Fsp3) is 0.947. The zero-order valence-corrected chi connectivity index (χ0v) is 31.0. The van der Waals surface area contributed by atoms with Crippen LogP contribution >= 0.6 is 0 Å². The molecule has 0 heterocycles. The normalized spacial score (nSPS) is 11.3. The molecule has 274 valence electrons. The van der Waals surface area contributed by atoms with Crippen LogP contribution < -0.4 is 0 Å². The van der Waals surface area contributed by atoms with E-state index in [2.05, 4.69) is 18.7 Å². The highest BCUT2D eigenvalue weighted by atomic mass is 17.2. The largest absolute Gasteiger partial charge is 0.382 e. The minimum atomic E-state index is -0.277. The lowest BCUT2D eigenvalue weighted by molar-refractivity contribution is -0.269. The summed E-state index contributed by atoms with van der Waals surface area (Å²) in [6.07, 6.45) is 31.1. The van der Waals surface area contributed by atoms with Crippen molar-refractivity contribution >= 4 is 11.8 Å². The topological polar surface area (TPSA) is 77.5 Å². The summed E-state index contributed by atoms with van der Waals surface area (Å²) in [6, 6.07) is 0. The molecule has 0 aliphatic heterocycles. The van der Waals surface area contributed by atoms with Crippen LogP contribution in [0.2, 0.25) is 0 Å². The number of hydrogen-bond donors (Lipinski definition) is 0. The molecule has 0 aromatic carbocycles. The third kappa shape index (κ3) is 30.1. The molecule has 0 rings (SSSR count). The van der Waals surface area contributed by atoms with Crippen molar-refractivity contribution in [2.45, 2.75) is 168 Å². The summed E-state index contributed by atoms with van der Waals surface area (Å²) in [5.41, 5.74) is 0. The van der Waals surface area contributed by atoms with Gasteiger partial charge in [0.15, 0.2) is 6.61 Å². The van der Waals surface area contributed by atoms with Crippen molar-refractivity contribution in [3.63, 3.8) is 0 Å². The number of ether oxygens (including phenoxy) is 2. The molecule has 0 aliphatic rings. The Morgan fingerprint density at radius 1 is 0.457 bits per heavy atom. The molecular formula is C38H76N2O6. The maximum atomic E-state index is 13.5. The summed E-state index contributed by atoms with van der Waals surface area (Å²) < 4.78 is 10.6. The van der Waals surface area contributed by atoms with Gasteiger partial charge < -0.3 is 19.3 Å². The van der Waals surface area contributed by atoms with Crippen LogP contribution in [0.4, 0.5) is 0 Å². The zero-order valence-electron chi connectivity index (χ0n) is 31.0. The van der Waals surface area contributed by atoms with Gasteiger partial charge in [-0.3, -0.25) is 9.59 Å². The third-order valence-electron chi connectivity index (χ3n) is 8.83. The van der Waals surface area contributed by atoms with E-state index in [9.17, 15) is 9.59 Å². The van der Waals surface area contributed by atoms with Crippen molar-refractivity contribution in [3.8, 4) is 0 Å². The van der Waals surface area contributed by atoms with Gasteiger partial charge in [0, 0.05) is 26.7 Å². The van der Waals surface area contributed by atoms with Gasteiger partial charge in [-0.25, -0.2) is 9.78 Å². The summed E-state index contributed by atoms with van der Waals surface area (Å²) in [6.45, 7) is 7.48. The maximum absolute atomic E-state index is 13.5. The predicted molar refractivity (Wildman–Crippen MR) is 191 cm³/mol. The number of amides is 2. The monoisotopic (exact) mass is 657 g/mol. The van der Waals surface area contributed by atoms with Crippen molar-refractivity contribution in [1.82, 2.24) is 9.80 Å². The Hall–Kier alpha value is -1.22. The molecule has 0 aromatic heterocycles. The second-order valence-corrected chi connectivity index (χ2v) is 13.0. The summed E-state index contributed by atoms with van der Waals surface area (Å²) in [5.74, 6) is -0.268. The molecular weight excluding hydrogens is 580 g/mol. The van der Waals surface area contributed by atoms with E-state index in [4.69, 9.17) is 14.4 Å². The fourth-order valence-electron chi connectivity index (χ4n) is 5.82. The molecule has 2 amide bonds. The van der Waals surface area contributed by atoms with Crippen molar-refractivity contribution in [2.75, 3.05) is 66.8 Å². The van der Waals surface area contributed by atoms with Crippen molar-refractivity contribution in [1.29, 1.82) is 0 Å². The number of carbonyl (C=O) groups is 2. The number of hydrogen-bond acceptors (Lipinski definition) is 6. The zero-order chi connectivity index (χ0) is 33.8. The molecule has 8 heteroatoms. The standard InChI is InChI=1S/C38H76N2O6/c1-5-7-9-11-13-15-17-19-21-23-25-27-29-39(30-28-26-24-22-20-18-16-14-12-10-8-6-2)37(41)35-40(38(42)36-46-44-4)31-32-45-34-33-43-3/h5-36H2,1-4H3. The summed E-state index contributed by atoms with van der Waals surface area (Å²) in [7, 11) is 3.00. The van der Waals surface area contributed by atoms with Gasteiger partial charge in [0.1, 0.15) is 0 Å². The van der Waals surface area contributed by atoms with Crippen LogP contribution in [-0.2, 0) is 28.8 Å². The Balaban J connectivity index is 4.66. The van der Waals surface area contributed by atoms with E-state index in [1.165, 1.54) is 140 Å². The molecule has 8 nitrogen and oxygen atoms in total. The summed E-state index contributed by atoms with van der Waals surface area (Å²) in [5, 5.41) is 0. The number of unbranched alkanes of at least 4 members (excludes halogenated alkanes) is 22. The first kappa shape index (κ1) is 44.8. The van der Waals surface area contributed by atoms with Gasteiger partial charge in [0.25, 0.3) is 5.91 Å². The van der Waals surface area contributed by atoms with Crippen LogP contribution in [0, 0.1) is 0 Å². The number of nitrogens with zero attached hydrogens (tertiary/aromatic N) is 2. The molecule has 0 spiro atoms. The van der Waals surface area contributed by atoms with Crippen molar-refractivity contribution in [2.24, 2.45) is 0 Å². The van der Waals surface area contributed by atoms with Crippen LogP contribution in [0.25, 0.3) is 0 Å². The molecule has 0 N–H and O–H groups in total. The highest BCUT2D eigenvalue weighted by Crippen LogP contribution is 2.14. The molecule has 46 heavy (non-hydrogen) atoms. The molecule has 0 aromatic rings. The Morgan fingerprint density at radius 3 is 1.26 bits per heavy atom. The third-order valence-corrected chi connectivity index (χ3v) is 8.83. The lowest BCUT2D eigenvalue weighted by Gasteiger charge is -2.28. The lowest BCUT2D eigenvalue weighted by Crippen LogP contribution is -2.46. The highest BCUT2D eigenvalue weighted by Gasteiger charge is 2.21. The average Bonchev–Trinajstić information content (AvgIpc) is 3.06. The van der Waals surface area contributed by atoms with E-state index in [1.807, 2.05) is 4.90 Å². The van der Waals surface area contributed by atoms with Gasteiger partial charge in [-0.05, 0) is 12.8 Å². The molecule has 0 bridgehead atoms. The molecule has 0 fully saturated rings. The van der Waals surface area contributed by atoms with Gasteiger partial charge in [-0.1, -0.05) is 155 Å². The van der Waals surface area contributed by atoms with Crippen LogP contribution in [0.5, 0.6) is 0 Å². The van der Waals surface area contributed by atoms with E-state index in [1.54, 1.807) is 7.11 Å². The smallest absolute Gasteiger partial charge is 0.252 e. The van der Waals surface area contributed by atoms with E-state index < -0.39 is 0 Å². The fourth-order valence-corrected chi connectivity index (χ4v) is 5.82. The van der Waals surface area contributed by atoms with E-state index in [0.717, 1.165) is 38.8 Å². The van der Waals surface area contributed by atoms with Gasteiger partial charge >= 0.3 is 0 Å². The lowest BCUT2D eigenvalue weighted by atomic mass is 10.0. The van der Waals surface area contributed by atoms with E-state index >= 15 is 0 Å². The second kappa shape index (κ2) is 36.6. The first-order valence-electron chi connectivity index (χ1n) is 19.4. The molecule has 0 aliphatic carbocycles. The molecule has 0 atom stereocenters. The van der Waals surface area contributed by atoms with Crippen molar-refractivity contribution < 1.29 is 28.8 Å². The number of methoxy groups -OCH3 is 1. The van der Waals surface area contributed by atoms with E-state index in [-0.39, 0.29) is 25.0 Å². The van der Waals surface area contributed by atoms with Gasteiger partial charge in [0.05, 0.1) is 33.5 Å². The SMILES string of the molecule is CCCCCCCCCCCCCCN(CCCCCCCCCCCCCC)C(=O)CN(CCOCCOC)C(=O)COOC. The quantitative estimate of drug-likeness (QED) is 0.0377.